The third-order valence-corrected chi connectivity index (χ3v) is 5.51. The van der Waals surface area contributed by atoms with E-state index >= 15 is 0 Å². The van der Waals surface area contributed by atoms with Crippen LogP contribution < -0.4 is 25.0 Å². The fourth-order valence-electron chi connectivity index (χ4n) is 3.41. The minimum atomic E-state index is -0.744. The van der Waals surface area contributed by atoms with Gasteiger partial charge in [0, 0.05) is 17.3 Å². The van der Waals surface area contributed by atoms with Crippen LogP contribution >= 0.6 is 11.6 Å². The minimum Gasteiger partial charge on any atom is -0.497 e. The maximum absolute atomic E-state index is 13.2. The van der Waals surface area contributed by atoms with Crippen LogP contribution in [0, 0.1) is 5.82 Å². The molecule has 0 saturated heterocycles. The molecular weight excluding hydrogens is 477 g/mol. The summed E-state index contributed by atoms with van der Waals surface area (Å²) in [4.78, 5) is 39.2. The molecule has 178 valence electrons. The number of benzene rings is 3. The third-order valence-electron chi connectivity index (χ3n) is 5.16. The highest BCUT2D eigenvalue weighted by Gasteiger charge is 2.39. The lowest BCUT2D eigenvalue weighted by atomic mass is 10.1. The van der Waals surface area contributed by atoms with Crippen LogP contribution in [0.25, 0.3) is 0 Å². The van der Waals surface area contributed by atoms with Crippen LogP contribution in [-0.2, 0) is 9.59 Å². The zero-order valence-corrected chi connectivity index (χ0v) is 19.4. The summed E-state index contributed by atoms with van der Waals surface area (Å²) < 4.78 is 23.7. The van der Waals surface area contributed by atoms with Crippen molar-refractivity contribution in [2.75, 3.05) is 29.8 Å². The van der Waals surface area contributed by atoms with E-state index in [-0.39, 0.29) is 22.0 Å². The van der Waals surface area contributed by atoms with Gasteiger partial charge in [-0.3, -0.25) is 14.4 Å². The second kappa shape index (κ2) is 9.86. The number of nitrogens with one attached hydrogen (secondary N) is 2. The van der Waals surface area contributed by atoms with Gasteiger partial charge in [0.05, 0.1) is 25.6 Å². The number of hydrogen-bond donors (Lipinski definition) is 2. The van der Waals surface area contributed by atoms with E-state index in [4.69, 9.17) is 21.1 Å². The first-order valence-electron chi connectivity index (χ1n) is 10.3. The quantitative estimate of drug-likeness (QED) is 0.467. The summed E-state index contributed by atoms with van der Waals surface area (Å²) in [6.07, 6.45) is 0. The molecule has 1 heterocycles. The number of nitrogens with zero attached hydrogens (tertiary/aromatic N) is 1. The number of amides is 3. The van der Waals surface area contributed by atoms with Crippen LogP contribution in [-0.4, -0.2) is 31.9 Å². The van der Waals surface area contributed by atoms with Gasteiger partial charge < -0.3 is 20.1 Å². The first-order chi connectivity index (χ1) is 16.8. The number of hydrogen-bond acceptors (Lipinski definition) is 6. The van der Waals surface area contributed by atoms with Gasteiger partial charge in [-0.2, -0.15) is 0 Å². The van der Waals surface area contributed by atoms with E-state index < -0.39 is 23.5 Å². The molecule has 3 amide bonds. The first-order valence-corrected chi connectivity index (χ1v) is 10.6. The van der Waals surface area contributed by atoms with Crippen LogP contribution in [0.2, 0.25) is 0 Å². The molecule has 0 fully saturated rings. The van der Waals surface area contributed by atoms with Crippen LogP contribution in [0.5, 0.6) is 11.5 Å². The number of halogens is 2. The van der Waals surface area contributed by atoms with Crippen molar-refractivity contribution in [3.63, 3.8) is 0 Å². The molecule has 2 N–H and O–H groups in total. The Balaban J connectivity index is 1.53. The van der Waals surface area contributed by atoms with Crippen LogP contribution in [0.1, 0.15) is 10.4 Å². The molecule has 8 nitrogen and oxygen atoms in total. The molecule has 0 spiro atoms. The summed E-state index contributed by atoms with van der Waals surface area (Å²) >= 11 is 6.14. The van der Waals surface area contributed by atoms with Gasteiger partial charge in [-0.15, -0.1) is 0 Å². The summed E-state index contributed by atoms with van der Waals surface area (Å²) in [5.74, 6) is -1.40. The smallest absolute Gasteiger partial charge is 0.283 e. The Morgan fingerprint density at radius 2 is 1.69 bits per heavy atom. The van der Waals surface area contributed by atoms with Crippen molar-refractivity contribution in [1.29, 1.82) is 0 Å². The summed E-state index contributed by atoms with van der Waals surface area (Å²) in [6, 6.07) is 16.1. The Hall–Kier alpha value is -4.37. The van der Waals surface area contributed by atoms with Gasteiger partial charge in [-0.05, 0) is 54.6 Å². The van der Waals surface area contributed by atoms with Gasteiger partial charge in [-0.1, -0.05) is 17.7 Å². The van der Waals surface area contributed by atoms with Gasteiger partial charge in [0.2, 0.25) is 0 Å². The van der Waals surface area contributed by atoms with Crippen molar-refractivity contribution < 1.29 is 28.2 Å². The van der Waals surface area contributed by atoms with E-state index in [2.05, 4.69) is 10.6 Å². The Labute approximate surface area is 204 Å². The fraction of sp³-hybridized carbons (Fsp3) is 0.0800. The average molecular weight is 496 g/mol. The van der Waals surface area contributed by atoms with Gasteiger partial charge in [0.1, 0.15) is 28.0 Å². The lowest BCUT2D eigenvalue weighted by Crippen LogP contribution is -2.32. The summed E-state index contributed by atoms with van der Waals surface area (Å²) in [6.45, 7) is 0. The molecule has 0 bridgehead atoms. The second-order valence-corrected chi connectivity index (χ2v) is 7.72. The minimum absolute atomic E-state index is 0.157. The molecule has 3 aromatic carbocycles. The molecule has 0 radical (unpaired) electrons. The SMILES string of the molecule is COc1ccc(NC(=O)c2cccc(NC3=C(Cl)C(=O)N(c4ccc(F)cc4)C3=O)c2)c(OC)c1. The summed E-state index contributed by atoms with van der Waals surface area (Å²) in [5.41, 5.74) is 1.09. The lowest BCUT2D eigenvalue weighted by molar-refractivity contribution is -0.120. The Kier molecular flexibility index (Phi) is 6.70. The normalized spacial score (nSPS) is 13.2. The van der Waals surface area contributed by atoms with Crippen LogP contribution in [0.4, 0.5) is 21.5 Å². The molecule has 35 heavy (non-hydrogen) atoms. The van der Waals surface area contributed by atoms with E-state index in [1.165, 1.54) is 32.4 Å². The van der Waals surface area contributed by atoms with Gasteiger partial charge >= 0.3 is 0 Å². The monoisotopic (exact) mass is 495 g/mol. The molecule has 4 rings (SSSR count). The maximum Gasteiger partial charge on any atom is 0.283 e. The molecular formula is C25H19ClFN3O5. The van der Waals surface area contributed by atoms with E-state index in [1.54, 1.807) is 36.4 Å². The highest BCUT2D eigenvalue weighted by atomic mass is 35.5. The lowest BCUT2D eigenvalue weighted by Gasteiger charge is -2.15. The standard InChI is InChI=1S/C25H19ClFN3O5/c1-34-18-10-11-19(20(13-18)35-2)29-23(31)14-4-3-5-16(12-14)28-22-21(26)24(32)30(25(22)33)17-8-6-15(27)7-9-17/h3-13,28H,1-2H3,(H,29,31). The predicted molar refractivity (Wildman–Crippen MR) is 129 cm³/mol. The van der Waals surface area contributed by atoms with Crippen molar-refractivity contribution in [1.82, 2.24) is 0 Å². The average Bonchev–Trinajstić information content (AvgIpc) is 3.08. The van der Waals surface area contributed by atoms with Gasteiger partial charge in [0.25, 0.3) is 17.7 Å². The van der Waals surface area contributed by atoms with Crippen molar-refractivity contribution in [3.05, 3.63) is 88.8 Å². The number of methoxy groups -OCH3 is 2. The molecule has 0 aliphatic carbocycles. The molecule has 0 atom stereocenters. The zero-order chi connectivity index (χ0) is 25.1. The van der Waals surface area contributed by atoms with E-state index in [0.717, 1.165) is 17.0 Å². The summed E-state index contributed by atoms with van der Waals surface area (Å²) in [5, 5.41) is 5.26. The number of ether oxygens (including phenoxy) is 2. The summed E-state index contributed by atoms with van der Waals surface area (Å²) in [7, 11) is 3.00. The Morgan fingerprint density at radius 1 is 0.943 bits per heavy atom. The topological polar surface area (TPSA) is 97.0 Å². The fourth-order valence-corrected chi connectivity index (χ4v) is 3.63. The third kappa shape index (κ3) is 4.80. The number of anilines is 3. The highest BCUT2D eigenvalue weighted by molar-refractivity contribution is 6.53. The maximum atomic E-state index is 13.2. The van der Waals surface area contributed by atoms with Gasteiger partial charge in [0.15, 0.2) is 0 Å². The van der Waals surface area contributed by atoms with Crippen molar-refractivity contribution >= 4 is 46.4 Å². The van der Waals surface area contributed by atoms with E-state index in [1.807, 2.05) is 0 Å². The van der Waals surface area contributed by atoms with E-state index in [0.29, 0.717) is 22.9 Å². The first kappa shape index (κ1) is 23.8. The van der Waals surface area contributed by atoms with Crippen molar-refractivity contribution in [2.45, 2.75) is 0 Å². The number of carbonyl (C=O) groups is 3. The molecule has 0 aromatic heterocycles. The van der Waals surface area contributed by atoms with Crippen LogP contribution in [0.3, 0.4) is 0 Å². The number of imide groups is 1. The molecule has 1 aliphatic rings. The molecule has 0 saturated carbocycles. The van der Waals surface area contributed by atoms with Gasteiger partial charge in [-0.25, -0.2) is 9.29 Å². The molecule has 0 unspecified atom stereocenters. The Morgan fingerprint density at radius 3 is 2.37 bits per heavy atom. The highest BCUT2D eigenvalue weighted by Crippen LogP contribution is 2.31. The van der Waals surface area contributed by atoms with Crippen molar-refractivity contribution in [2.24, 2.45) is 0 Å². The molecule has 3 aromatic rings. The number of rotatable bonds is 7. The zero-order valence-electron chi connectivity index (χ0n) is 18.6. The number of carbonyl (C=O) groups excluding carboxylic acids is 3. The van der Waals surface area contributed by atoms with Crippen LogP contribution in [0.15, 0.2) is 77.5 Å². The van der Waals surface area contributed by atoms with Crippen molar-refractivity contribution in [3.8, 4) is 11.5 Å². The Bertz CT molecular complexity index is 1360. The predicted octanol–water partition coefficient (Wildman–Crippen LogP) is 4.53. The molecule has 1 aliphatic heterocycles. The van der Waals surface area contributed by atoms with E-state index in [9.17, 15) is 18.8 Å². The largest absolute Gasteiger partial charge is 0.497 e. The molecule has 10 heteroatoms. The second-order valence-electron chi connectivity index (χ2n) is 7.34.